The van der Waals surface area contributed by atoms with E-state index in [1.54, 1.807) is 27.7 Å². The second-order valence-electron chi connectivity index (χ2n) is 22.2. The highest BCUT2D eigenvalue weighted by atomic mass is 16.6. The summed E-state index contributed by atoms with van der Waals surface area (Å²) in [6.45, 7) is 34.1. The van der Waals surface area contributed by atoms with Gasteiger partial charge >= 0.3 is 23.9 Å². The molecule has 0 saturated carbocycles. The zero-order valence-corrected chi connectivity index (χ0v) is 42.3. The number of hydrogen-bond donors (Lipinski definition) is 0. The molecule has 350 valence electrons. The van der Waals surface area contributed by atoms with Crippen LogP contribution < -0.4 is 0 Å². The van der Waals surface area contributed by atoms with Crippen molar-refractivity contribution in [1.82, 2.24) is 0 Å². The van der Waals surface area contributed by atoms with Gasteiger partial charge in [-0.25, -0.2) is 0 Å². The summed E-state index contributed by atoms with van der Waals surface area (Å²) >= 11 is 0. The van der Waals surface area contributed by atoms with Gasteiger partial charge in [-0.1, -0.05) is 107 Å². The fourth-order valence-corrected chi connectivity index (χ4v) is 10.2. The van der Waals surface area contributed by atoms with Crippen LogP contribution in [0.1, 0.15) is 144 Å². The molecule has 66 heavy (non-hydrogen) atoms. The number of carbonyl (C=O) groups excluding carboxylic acids is 4. The minimum atomic E-state index is -1.13. The first-order valence-corrected chi connectivity index (χ1v) is 23.9. The van der Waals surface area contributed by atoms with Crippen molar-refractivity contribution in [3.63, 3.8) is 0 Å². The summed E-state index contributed by atoms with van der Waals surface area (Å²) in [7, 11) is 0. The van der Waals surface area contributed by atoms with Crippen LogP contribution in [-0.2, 0) is 72.6 Å². The van der Waals surface area contributed by atoms with Gasteiger partial charge in [-0.05, 0) is 184 Å². The Bertz CT molecular complexity index is 2790. The molecule has 0 amide bonds. The highest BCUT2D eigenvalue weighted by Crippen LogP contribution is 2.53. The van der Waals surface area contributed by atoms with Gasteiger partial charge in [-0.2, -0.15) is 0 Å². The van der Waals surface area contributed by atoms with Crippen LogP contribution in [0.15, 0.2) is 48.5 Å². The number of carbonyl (C=O) groups is 4. The van der Waals surface area contributed by atoms with Crippen molar-refractivity contribution < 1.29 is 38.1 Å². The van der Waals surface area contributed by atoms with Crippen molar-refractivity contribution in [2.45, 2.75) is 145 Å². The summed E-state index contributed by atoms with van der Waals surface area (Å²) in [6, 6.07) is 18.4. The lowest BCUT2D eigenvalue weighted by Crippen LogP contribution is -2.31. The fourth-order valence-electron chi connectivity index (χ4n) is 10.2. The Morgan fingerprint density at radius 2 is 0.667 bits per heavy atom. The van der Waals surface area contributed by atoms with Crippen LogP contribution in [0.25, 0.3) is 64.6 Å². The van der Waals surface area contributed by atoms with Crippen LogP contribution in [0.2, 0.25) is 0 Å². The Balaban J connectivity index is 1.70. The van der Waals surface area contributed by atoms with Gasteiger partial charge in [0.15, 0.2) is 11.8 Å². The average molecular weight is 895 g/mol. The number of fused-ring (bicyclic) bond motifs is 7. The van der Waals surface area contributed by atoms with Gasteiger partial charge in [0, 0.05) is 0 Å². The first-order chi connectivity index (χ1) is 30.8. The monoisotopic (exact) mass is 895 g/mol. The number of rotatable bonds is 12. The van der Waals surface area contributed by atoms with E-state index in [9.17, 15) is 19.2 Å². The molecule has 0 N–H and O–H groups in total. The van der Waals surface area contributed by atoms with Gasteiger partial charge in [-0.15, -0.1) is 0 Å². The fraction of sp³-hybridized carbons (Fsp3) is 0.483. The third-order valence-corrected chi connectivity index (χ3v) is 13.5. The van der Waals surface area contributed by atoms with E-state index in [-0.39, 0.29) is 60.9 Å². The molecule has 0 unspecified atom stereocenters. The molecule has 0 aliphatic carbocycles. The molecule has 0 aromatic heterocycles. The van der Waals surface area contributed by atoms with Gasteiger partial charge in [0.2, 0.25) is 0 Å². The van der Waals surface area contributed by atoms with Gasteiger partial charge in [-0.3, -0.25) is 19.2 Å². The molecule has 0 atom stereocenters. The number of hydrogen-bond acceptors (Lipinski definition) is 8. The maximum atomic E-state index is 13.7. The highest BCUT2D eigenvalue weighted by molar-refractivity contribution is 6.44. The van der Waals surface area contributed by atoms with Crippen LogP contribution >= 0.6 is 0 Å². The first-order valence-electron chi connectivity index (χ1n) is 23.9. The highest BCUT2D eigenvalue weighted by Gasteiger charge is 2.37. The molecule has 8 nitrogen and oxygen atoms in total. The van der Waals surface area contributed by atoms with Gasteiger partial charge in [0.25, 0.3) is 0 Å². The zero-order chi connectivity index (χ0) is 48.6. The lowest BCUT2D eigenvalue weighted by Gasteiger charge is -2.28. The molecular weight excluding hydrogens is 825 g/mol. The molecule has 0 heterocycles. The van der Waals surface area contributed by atoms with E-state index in [0.29, 0.717) is 0 Å². The molecule has 7 aromatic rings. The van der Waals surface area contributed by atoms with E-state index in [1.165, 1.54) is 0 Å². The Labute approximate surface area is 390 Å². The summed E-state index contributed by atoms with van der Waals surface area (Å²) in [6.07, 6.45) is 0.276. The molecule has 0 fully saturated rings. The van der Waals surface area contributed by atoms with Crippen LogP contribution in [0, 0.1) is 11.8 Å². The predicted octanol–water partition coefficient (Wildman–Crippen LogP) is 13.2. The summed E-state index contributed by atoms with van der Waals surface area (Å²) in [5.41, 5.74) is 5.07. The Kier molecular flexibility index (Phi) is 12.7. The van der Waals surface area contributed by atoms with Crippen molar-refractivity contribution in [1.29, 1.82) is 0 Å². The van der Waals surface area contributed by atoms with Gasteiger partial charge in [0.05, 0.1) is 26.4 Å². The van der Waals surface area contributed by atoms with Gasteiger partial charge in [0.1, 0.15) is 0 Å². The molecule has 8 heteroatoms. The maximum absolute atomic E-state index is 13.7. The SMILES string of the molecule is CCOC(=O)C(Cc1c(C(C)(C)C)cc2c3c1cc(C(C)(C)C)cc3c1ccc3c4cc(C(C)(C)C)cc5c(CC(C(=O)OCC)C(=O)OCC)c(C(C)(C)C)cc(c54)c3c12)C(=O)OCC. The lowest BCUT2D eigenvalue weighted by molar-refractivity contribution is -0.163. The third-order valence-electron chi connectivity index (χ3n) is 13.5. The van der Waals surface area contributed by atoms with Crippen molar-refractivity contribution in [3.05, 3.63) is 81.9 Å². The molecular formula is C58H70O8. The minimum absolute atomic E-state index is 0.138. The molecule has 0 saturated heterocycles. The van der Waals surface area contributed by atoms with E-state index in [1.807, 2.05) is 0 Å². The molecule has 0 spiro atoms. The Hall–Kier alpha value is -5.50. The van der Waals surface area contributed by atoms with E-state index >= 15 is 0 Å². The molecule has 7 aromatic carbocycles. The topological polar surface area (TPSA) is 105 Å². The Morgan fingerprint density at radius 1 is 0.379 bits per heavy atom. The van der Waals surface area contributed by atoms with E-state index in [4.69, 9.17) is 18.9 Å². The van der Waals surface area contributed by atoms with Gasteiger partial charge < -0.3 is 18.9 Å². The summed E-state index contributed by atoms with van der Waals surface area (Å²) in [5, 5.41) is 13.3. The minimum Gasteiger partial charge on any atom is -0.465 e. The van der Waals surface area contributed by atoms with Crippen LogP contribution in [-0.4, -0.2) is 50.3 Å². The maximum Gasteiger partial charge on any atom is 0.320 e. The normalized spacial score (nSPS) is 13.1. The summed E-state index contributed by atoms with van der Waals surface area (Å²) in [5.74, 6) is -4.59. The van der Waals surface area contributed by atoms with Crippen LogP contribution in [0.4, 0.5) is 0 Å². The molecule has 0 radical (unpaired) electrons. The van der Waals surface area contributed by atoms with E-state index < -0.39 is 35.7 Å². The van der Waals surface area contributed by atoms with Crippen molar-refractivity contribution >= 4 is 88.5 Å². The molecule has 7 rings (SSSR count). The second-order valence-corrected chi connectivity index (χ2v) is 22.2. The quantitative estimate of drug-likeness (QED) is 0.0678. The number of benzene rings is 5. The third kappa shape index (κ3) is 8.43. The van der Waals surface area contributed by atoms with Crippen molar-refractivity contribution in [2.24, 2.45) is 11.8 Å². The smallest absolute Gasteiger partial charge is 0.320 e. The molecule has 0 aliphatic heterocycles. The van der Waals surface area contributed by atoms with E-state index in [2.05, 4.69) is 132 Å². The average Bonchev–Trinajstić information content (AvgIpc) is 3.71. The summed E-state index contributed by atoms with van der Waals surface area (Å²) < 4.78 is 22.1. The summed E-state index contributed by atoms with van der Waals surface area (Å²) in [4.78, 5) is 54.6. The zero-order valence-electron chi connectivity index (χ0n) is 42.3. The van der Waals surface area contributed by atoms with Crippen LogP contribution in [0.3, 0.4) is 0 Å². The predicted molar refractivity (Wildman–Crippen MR) is 270 cm³/mol. The van der Waals surface area contributed by atoms with Crippen molar-refractivity contribution in [2.75, 3.05) is 26.4 Å². The largest absolute Gasteiger partial charge is 0.465 e. The van der Waals surface area contributed by atoms with Crippen LogP contribution in [0.5, 0.6) is 0 Å². The van der Waals surface area contributed by atoms with E-state index in [0.717, 1.165) is 98.0 Å². The molecule has 0 aliphatic rings. The Morgan fingerprint density at radius 3 is 0.924 bits per heavy atom. The second kappa shape index (κ2) is 17.3. The number of ether oxygens (including phenoxy) is 4. The number of esters is 4. The molecule has 0 bridgehead atoms. The van der Waals surface area contributed by atoms with Crippen molar-refractivity contribution in [3.8, 4) is 0 Å². The standard InChI is InChI=1S/C58H70O8/c1-17-63-51(59)43(52(60)64-18-2)27-35-39-25-31(55(5,6)7)23-37-33-21-22-34-38-24-32(56(8,9)10)26-40-36(28-44(53(61)65-19-3)54(62)66-20-4)46(58(14,15)16)30-42(48(38)40)50(34)49(33)41(47(37)39)29-45(35)57(11,12)13/h21-26,29-30,43-44H,17-20,27-28H2,1-16H3. The first kappa shape index (κ1) is 48.4. The lowest BCUT2D eigenvalue weighted by atomic mass is 9.76.